The second-order valence-electron chi connectivity index (χ2n) is 4.27. The molecule has 1 heterocycles. The molecule has 0 spiro atoms. The zero-order chi connectivity index (χ0) is 14.7. The lowest BCUT2D eigenvalue weighted by molar-refractivity contribution is 0.295. The van der Waals surface area contributed by atoms with Crippen molar-refractivity contribution in [3.63, 3.8) is 0 Å². The van der Waals surface area contributed by atoms with Crippen molar-refractivity contribution < 1.29 is 9.94 Å². The van der Waals surface area contributed by atoms with Crippen LogP contribution in [0.5, 0.6) is 5.75 Å². The molecular formula is C13H15ClN4O2. The van der Waals surface area contributed by atoms with Crippen molar-refractivity contribution in [2.75, 3.05) is 0 Å². The van der Waals surface area contributed by atoms with Crippen LogP contribution in [0.25, 0.3) is 0 Å². The van der Waals surface area contributed by atoms with E-state index in [1.165, 1.54) is 0 Å². The predicted molar refractivity (Wildman–Crippen MR) is 76.2 cm³/mol. The quantitative estimate of drug-likeness (QED) is 0.391. The number of oxime groups is 1. The maximum Gasteiger partial charge on any atom is 0.170 e. The maximum atomic E-state index is 8.58. The van der Waals surface area contributed by atoms with E-state index in [1.54, 1.807) is 28.9 Å². The summed E-state index contributed by atoms with van der Waals surface area (Å²) < 4.78 is 7.34. The van der Waals surface area contributed by atoms with Crippen LogP contribution in [0, 0.1) is 6.92 Å². The molecule has 1 aromatic carbocycles. The van der Waals surface area contributed by atoms with Crippen LogP contribution in [0.2, 0.25) is 5.02 Å². The van der Waals surface area contributed by atoms with E-state index >= 15 is 0 Å². The van der Waals surface area contributed by atoms with Crippen molar-refractivity contribution >= 4 is 17.4 Å². The molecule has 106 valence electrons. The molecule has 1 aromatic heterocycles. The summed E-state index contributed by atoms with van der Waals surface area (Å²) in [7, 11) is 1.82. The highest BCUT2D eigenvalue weighted by Gasteiger charge is 2.11. The first-order valence-corrected chi connectivity index (χ1v) is 6.29. The smallest absolute Gasteiger partial charge is 0.170 e. The highest BCUT2D eigenvalue weighted by molar-refractivity contribution is 6.31. The van der Waals surface area contributed by atoms with Crippen molar-refractivity contribution in [2.24, 2.45) is 17.9 Å². The molecule has 0 bridgehead atoms. The molecule has 0 aliphatic carbocycles. The van der Waals surface area contributed by atoms with Crippen LogP contribution in [0.4, 0.5) is 0 Å². The van der Waals surface area contributed by atoms with E-state index in [-0.39, 0.29) is 5.84 Å². The standard InChI is InChI=1S/C13H15ClN4O2/c1-8-12(14)11(18(2)16-8)7-20-10-5-3-9(4-6-10)13(15)17-19/h3-6,19H,7H2,1-2H3,(H2,15,17). The number of aryl methyl sites for hydroxylation is 2. The fourth-order valence-electron chi connectivity index (χ4n) is 1.77. The van der Waals surface area contributed by atoms with Crippen molar-refractivity contribution in [2.45, 2.75) is 13.5 Å². The molecule has 20 heavy (non-hydrogen) atoms. The van der Waals surface area contributed by atoms with Crippen molar-refractivity contribution in [3.05, 3.63) is 46.2 Å². The number of amidine groups is 1. The molecule has 0 atom stereocenters. The lowest BCUT2D eigenvalue weighted by Gasteiger charge is -2.07. The molecule has 0 saturated carbocycles. The Kier molecular flexibility index (Phi) is 4.14. The highest BCUT2D eigenvalue weighted by Crippen LogP contribution is 2.21. The van der Waals surface area contributed by atoms with E-state index in [0.717, 1.165) is 11.4 Å². The lowest BCUT2D eigenvalue weighted by Crippen LogP contribution is -2.12. The summed E-state index contributed by atoms with van der Waals surface area (Å²) in [6.45, 7) is 2.16. The molecule has 6 nitrogen and oxygen atoms in total. The summed E-state index contributed by atoms with van der Waals surface area (Å²) in [6.07, 6.45) is 0. The Hall–Kier alpha value is -2.21. The molecule has 2 aromatic rings. The van der Waals surface area contributed by atoms with Gasteiger partial charge in [-0.25, -0.2) is 0 Å². The summed E-state index contributed by atoms with van der Waals surface area (Å²) in [4.78, 5) is 0. The molecule has 0 radical (unpaired) electrons. The van der Waals surface area contributed by atoms with Crippen molar-refractivity contribution in [1.82, 2.24) is 9.78 Å². The number of ether oxygens (including phenoxy) is 1. The molecule has 0 amide bonds. The third kappa shape index (κ3) is 2.85. The van der Waals surface area contributed by atoms with Gasteiger partial charge in [-0.05, 0) is 31.2 Å². The first kappa shape index (κ1) is 14.2. The summed E-state index contributed by atoms with van der Waals surface area (Å²) in [6, 6.07) is 6.90. The monoisotopic (exact) mass is 294 g/mol. The Morgan fingerprint density at radius 2 is 2.10 bits per heavy atom. The van der Waals surface area contributed by atoms with Gasteiger partial charge in [-0.2, -0.15) is 5.10 Å². The minimum absolute atomic E-state index is 0.0573. The molecule has 0 saturated heterocycles. The van der Waals surface area contributed by atoms with Gasteiger partial charge in [0.15, 0.2) is 5.84 Å². The topological polar surface area (TPSA) is 85.7 Å². The van der Waals surface area contributed by atoms with E-state index in [9.17, 15) is 0 Å². The normalized spacial score (nSPS) is 11.7. The number of benzene rings is 1. The van der Waals surface area contributed by atoms with Gasteiger partial charge < -0.3 is 15.7 Å². The summed E-state index contributed by atoms with van der Waals surface area (Å²) in [5.74, 6) is 0.719. The average Bonchev–Trinajstić information content (AvgIpc) is 2.70. The van der Waals surface area contributed by atoms with Gasteiger partial charge in [0.25, 0.3) is 0 Å². The Labute approximate surface area is 121 Å². The number of rotatable bonds is 4. The third-order valence-corrected chi connectivity index (χ3v) is 3.39. The zero-order valence-corrected chi connectivity index (χ0v) is 11.9. The van der Waals surface area contributed by atoms with Gasteiger partial charge in [-0.1, -0.05) is 16.8 Å². The molecule has 2 rings (SSSR count). The molecule has 0 aliphatic rings. The van der Waals surface area contributed by atoms with Gasteiger partial charge in [-0.15, -0.1) is 0 Å². The van der Waals surface area contributed by atoms with Crippen LogP contribution >= 0.6 is 11.6 Å². The Morgan fingerprint density at radius 1 is 1.45 bits per heavy atom. The lowest BCUT2D eigenvalue weighted by atomic mass is 10.2. The number of nitrogens with two attached hydrogens (primary N) is 1. The average molecular weight is 295 g/mol. The van der Waals surface area contributed by atoms with E-state index in [4.69, 9.17) is 27.3 Å². The van der Waals surface area contributed by atoms with Crippen LogP contribution in [-0.2, 0) is 13.7 Å². The molecule has 0 unspecified atom stereocenters. The number of hydrogen-bond acceptors (Lipinski definition) is 4. The number of halogens is 1. The maximum absolute atomic E-state index is 8.58. The zero-order valence-electron chi connectivity index (χ0n) is 11.2. The molecular weight excluding hydrogens is 280 g/mol. The van der Waals surface area contributed by atoms with E-state index in [0.29, 0.717) is 22.9 Å². The minimum Gasteiger partial charge on any atom is -0.487 e. The SMILES string of the molecule is Cc1nn(C)c(COc2ccc(C(N)=NO)cc2)c1Cl. The molecule has 0 fully saturated rings. The highest BCUT2D eigenvalue weighted by atomic mass is 35.5. The molecule has 0 aliphatic heterocycles. The van der Waals surface area contributed by atoms with Gasteiger partial charge >= 0.3 is 0 Å². The number of hydrogen-bond donors (Lipinski definition) is 2. The van der Waals surface area contributed by atoms with Crippen LogP contribution < -0.4 is 10.5 Å². The predicted octanol–water partition coefficient (Wildman–Crippen LogP) is 2.06. The van der Waals surface area contributed by atoms with Crippen LogP contribution in [0.1, 0.15) is 17.0 Å². The van der Waals surface area contributed by atoms with Gasteiger partial charge in [0.05, 0.1) is 16.4 Å². The van der Waals surface area contributed by atoms with E-state index < -0.39 is 0 Å². The van der Waals surface area contributed by atoms with Gasteiger partial charge in [0.2, 0.25) is 0 Å². The second-order valence-corrected chi connectivity index (χ2v) is 4.65. The summed E-state index contributed by atoms with van der Waals surface area (Å²) >= 11 is 6.14. The second kappa shape index (κ2) is 5.83. The van der Waals surface area contributed by atoms with Gasteiger partial charge in [0, 0.05) is 12.6 Å². The minimum atomic E-state index is 0.0573. The van der Waals surface area contributed by atoms with Crippen LogP contribution in [-0.4, -0.2) is 20.8 Å². The van der Waals surface area contributed by atoms with E-state index in [1.807, 2.05) is 14.0 Å². The van der Waals surface area contributed by atoms with Gasteiger partial charge in [-0.3, -0.25) is 4.68 Å². The fraction of sp³-hybridized carbons (Fsp3) is 0.231. The largest absolute Gasteiger partial charge is 0.487 e. The van der Waals surface area contributed by atoms with Gasteiger partial charge in [0.1, 0.15) is 12.4 Å². The fourth-order valence-corrected chi connectivity index (χ4v) is 1.98. The van der Waals surface area contributed by atoms with Crippen molar-refractivity contribution in [3.8, 4) is 5.75 Å². The first-order valence-electron chi connectivity index (χ1n) is 5.91. The summed E-state index contributed by atoms with van der Waals surface area (Å²) in [5.41, 5.74) is 7.68. The Morgan fingerprint density at radius 3 is 2.60 bits per heavy atom. The number of nitrogens with zero attached hydrogens (tertiary/aromatic N) is 3. The Balaban J connectivity index is 2.08. The van der Waals surface area contributed by atoms with Crippen LogP contribution in [0.3, 0.4) is 0 Å². The van der Waals surface area contributed by atoms with E-state index in [2.05, 4.69) is 10.3 Å². The Bertz CT molecular complexity index is 635. The number of aromatic nitrogens is 2. The first-order chi connectivity index (χ1) is 9.52. The molecule has 3 N–H and O–H groups in total. The molecule has 7 heteroatoms. The van der Waals surface area contributed by atoms with Crippen LogP contribution in [0.15, 0.2) is 29.4 Å². The summed E-state index contributed by atoms with van der Waals surface area (Å²) in [5, 5.41) is 16.3. The third-order valence-electron chi connectivity index (χ3n) is 2.90. The van der Waals surface area contributed by atoms with Crippen molar-refractivity contribution in [1.29, 1.82) is 0 Å².